The summed E-state index contributed by atoms with van der Waals surface area (Å²) in [4.78, 5) is 17.4. The van der Waals surface area contributed by atoms with Crippen LogP contribution in [0.4, 0.5) is 0 Å². The minimum atomic E-state index is -0.0784. The standard InChI is InChI=1S/C23H31N3O/c1-19-8-6-7-11-22(19)18-24-23(27)20(2)26-16-14-25(15-17-26)13-12-21-9-4-3-5-10-21/h3-11,20H,12-18H2,1-2H3,(H,24,27). The van der Waals surface area contributed by atoms with E-state index in [1.165, 1.54) is 16.7 Å². The molecule has 0 spiro atoms. The van der Waals surface area contributed by atoms with E-state index in [4.69, 9.17) is 0 Å². The molecule has 1 N–H and O–H groups in total. The Bertz CT molecular complexity index is 723. The number of piperazine rings is 1. The Labute approximate surface area is 163 Å². The summed E-state index contributed by atoms with van der Waals surface area (Å²) in [5, 5.41) is 3.10. The molecule has 0 aromatic heterocycles. The summed E-state index contributed by atoms with van der Waals surface area (Å²) in [5.41, 5.74) is 3.80. The van der Waals surface area contributed by atoms with Gasteiger partial charge in [0.05, 0.1) is 6.04 Å². The number of carbonyl (C=O) groups excluding carboxylic acids is 1. The Morgan fingerprint density at radius 2 is 1.67 bits per heavy atom. The number of hydrogen-bond acceptors (Lipinski definition) is 3. The number of benzene rings is 2. The molecule has 2 aromatic rings. The van der Waals surface area contributed by atoms with Crippen molar-refractivity contribution in [1.29, 1.82) is 0 Å². The number of rotatable bonds is 7. The lowest BCUT2D eigenvalue weighted by atomic mass is 10.1. The second-order valence-corrected chi connectivity index (χ2v) is 7.43. The lowest BCUT2D eigenvalue weighted by Crippen LogP contribution is -2.54. The number of hydrogen-bond donors (Lipinski definition) is 1. The molecular formula is C23H31N3O. The van der Waals surface area contributed by atoms with Crippen LogP contribution in [0.15, 0.2) is 54.6 Å². The fourth-order valence-corrected chi connectivity index (χ4v) is 3.61. The smallest absolute Gasteiger partial charge is 0.237 e. The van der Waals surface area contributed by atoms with Gasteiger partial charge in [0.1, 0.15) is 0 Å². The predicted octanol–water partition coefficient (Wildman–Crippen LogP) is 2.86. The number of amides is 1. The third-order valence-corrected chi connectivity index (χ3v) is 5.61. The Hall–Kier alpha value is -2.17. The van der Waals surface area contributed by atoms with Crippen molar-refractivity contribution in [3.05, 3.63) is 71.3 Å². The van der Waals surface area contributed by atoms with Gasteiger partial charge in [0.15, 0.2) is 0 Å². The van der Waals surface area contributed by atoms with Crippen LogP contribution in [-0.2, 0) is 17.8 Å². The second-order valence-electron chi connectivity index (χ2n) is 7.43. The van der Waals surface area contributed by atoms with Gasteiger partial charge in [-0.2, -0.15) is 0 Å². The Kier molecular flexibility index (Phi) is 7.02. The van der Waals surface area contributed by atoms with Crippen LogP contribution in [0, 0.1) is 6.92 Å². The summed E-state index contributed by atoms with van der Waals surface area (Å²) in [6.07, 6.45) is 1.09. The minimum absolute atomic E-state index is 0.0784. The van der Waals surface area contributed by atoms with Crippen molar-refractivity contribution < 1.29 is 4.79 Å². The molecule has 1 unspecified atom stereocenters. The van der Waals surface area contributed by atoms with Gasteiger partial charge in [-0.05, 0) is 37.0 Å². The van der Waals surface area contributed by atoms with Crippen LogP contribution >= 0.6 is 0 Å². The average molecular weight is 366 g/mol. The van der Waals surface area contributed by atoms with Gasteiger partial charge in [-0.25, -0.2) is 0 Å². The number of nitrogens with one attached hydrogen (secondary N) is 1. The van der Waals surface area contributed by atoms with Crippen molar-refractivity contribution in [2.45, 2.75) is 32.9 Å². The maximum atomic E-state index is 12.6. The van der Waals surface area contributed by atoms with E-state index in [9.17, 15) is 4.79 Å². The molecule has 0 bridgehead atoms. The fraction of sp³-hybridized carbons (Fsp3) is 0.435. The molecule has 1 aliphatic heterocycles. The predicted molar refractivity (Wildman–Crippen MR) is 111 cm³/mol. The molecule has 1 saturated heterocycles. The number of aryl methyl sites for hydroxylation is 1. The molecule has 1 amide bonds. The third-order valence-electron chi connectivity index (χ3n) is 5.61. The summed E-state index contributed by atoms with van der Waals surface area (Å²) < 4.78 is 0. The first-order valence-corrected chi connectivity index (χ1v) is 9.96. The maximum Gasteiger partial charge on any atom is 0.237 e. The van der Waals surface area contributed by atoms with Crippen molar-refractivity contribution in [2.75, 3.05) is 32.7 Å². The second kappa shape index (κ2) is 9.67. The van der Waals surface area contributed by atoms with Crippen LogP contribution in [0.5, 0.6) is 0 Å². The largest absolute Gasteiger partial charge is 0.351 e. The van der Waals surface area contributed by atoms with Crippen molar-refractivity contribution in [2.24, 2.45) is 0 Å². The molecule has 144 valence electrons. The average Bonchev–Trinajstić information content (AvgIpc) is 2.72. The van der Waals surface area contributed by atoms with E-state index in [1.807, 2.05) is 19.1 Å². The summed E-state index contributed by atoms with van der Waals surface area (Å²) in [6.45, 7) is 9.76. The van der Waals surface area contributed by atoms with Gasteiger partial charge in [0.25, 0.3) is 0 Å². The summed E-state index contributed by atoms with van der Waals surface area (Å²) in [6, 6.07) is 18.8. The van der Waals surface area contributed by atoms with Crippen molar-refractivity contribution >= 4 is 5.91 Å². The van der Waals surface area contributed by atoms with E-state index < -0.39 is 0 Å². The summed E-state index contributed by atoms with van der Waals surface area (Å²) in [7, 11) is 0. The topological polar surface area (TPSA) is 35.6 Å². The highest BCUT2D eigenvalue weighted by Gasteiger charge is 2.25. The van der Waals surface area contributed by atoms with Crippen molar-refractivity contribution in [1.82, 2.24) is 15.1 Å². The molecule has 27 heavy (non-hydrogen) atoms. The molecule has 1 fully saturated rings. The van der Waals surface area contributed by atoms with Gasteiger partial charge in [-0.1, -0.05) is 54.6 Å². The molecule has 1 heterocycles. The van der Waals surface area contributed by atoms with Gasteiger partial charge in [0, 0.05) is 39.3 Å². The van der Waals surface area contributed by atoms with Crippen molar-refractivity contribution in [3.8, 4) is 0 Å². The monoisotopic (exact) mass is 365 g/mol. The fourth-order valence-electron chi connectivity index (χ4n) is 3.61. The molecule has 4 heteroatoms. The molecule has 0 radical (unpaired) electrons. The van der Waals surface area contributed by atoms with E-state index in [0.29, 0.717) is 6.54 Å². The van der Waals surface area contributed by atoms with E-state index in [1.54, 1.807) is 0 Å². The highest BCUT2D eigenvalue weighted by molar-refractivity contribution is 5.81. The zero-order valence-electron chi connectivity index (χ0n) is 16.5. The third kappa shape index (κ3) is 5.65. The molecular weight excluding hydrogens is 334 g/mol. The molecule has 3 rings (SSSR count). The first-order chi connectivity index (χ1) is 13.1. The number of nitrogens with zero attached hydrogens (tertiary/aromatic N) is 2. The summed E-state index contributed by atoms with van der Waals surface area (Å²) in [5.74, 6) is 0.121. The van der Waals surface area contributed by atoms with Crippen molar-refractivity contribution in [3.63, 3.8) is 0 Å². The lowest BCUT2D eigenvalue weighted by Gasteiger charge is -2.37. The molecule has 1 atom stereocenters. The molecule has 0 aliphatic carbocycles. The first-order valence-electron chi connectivity index (χ1n) is 9.96. The van der Waals surface area contributed by atoms with Gasteiger partial charge in [-0.15, -0.1) is 0 Å². The molecule has 1 aliphatic rings. The van der Waals surface area contributed by atoms with E-state index in [0.717, 1.165) is 39.1 Å². The molecule has 2 aromatic carbocycles. The van der Waals surface area contributed by atoms with Gasteiger partial charge in [-0.3, -0.25) is 9.69 Å². The van der Waals surface area contributed by atoms with Crippen LogP contribution in [0.3, 0.4) is 0 Å². The van der Waals surface area contributed by atoms with Gasteiger partial charge < -0.3 is 10.2 Å². The SMILES string of the molecule is Cc1ccccc1CNC(=O)C(C)N1CCN(CCc2ccccc2)CC1. The molecule has 0 saturated carbocycles. The Morgan fingerprint density at radius 1 is 1.00 bits per heavy atom. The van der Waals surface area contributed by atoms with Crippen LogP contribution in [0.2, 0.25) is 0 Å². The minimum Gasteiger partial charge on any atom is -0.351 e. The van der Waals surface area contributed by atoms with E-state index in [2.05, 4.69) is 64.5 Å². The van der Waals surface area contributed by atoms with Gasteiger partial charge in [0.2, 0.25) is 5.91 Å². The number of carbonyl (C=O) groups is 1. The van der Waals surface area contributed by atoms with Crippen LogP contribution in [0.1, 0.15) is 23.6 Å². The normalized spacial score (nSPS) is 16.8. The maximum absolute atomic E-state index is 12.6. The zero-order valence-corrected chi connectivity index (χ0v) is 16.5. The van der Waals surface area contributed by atoms with Gasteiger partial charge >= 0.3 is 0 Å². The lowest BCUT2D eigenvalue weighted by molar-refractivity contribution is -0.126. The van der Waals surface area contributed by atoms with Crippen LogP contribution < -0.4 is 5.32 Å². The van der Waals surface area contributed by atoms with E-state index >= 15 is 0 Å². The molecule has 4 nitrogen and oxygen atoms in total. The quantitative estimate of drug-likeness (QED) is 0.820. The first kappa shape index (κ1) is 19.6. The van der Waals surface area contributed by atoms with E-state index in [-0.39, 0.29) is 11.9 Å². The highest BCUT2D eigenvalue weighted by Crippen LogP contribution is 2.10. The highest BCUT2D eigenvalue weighted by atomic mass is 16.2. The Balaban J connectivity index is 1.40. The van der Waals surface area contributed by atoms with Crippen LogP contribution in [-0.4, -0.2) is 54.5 Å². The van der Waals surface area contributed by atoms with Crippen LogP contribution in [0.25, 0.3) is 0 Å². The zero-order chi connectivity index (χ0) is 19.1. The summed E-state index contributed by atoms with van der Waals surface area (Å²) >= 11 is 0. The Morgan fingerprint density at radius 3 is 2.37 bits per heavy atom.